The summed E-state index contributed by atoms with van der Waals surface area (Å²) in [6.45, 7) is 5.24. The van der Waals surface area contributed by atoms with Crippen molar-refractivity contribution in [2.45, 2.75) is 56.1 Å². The predicted molar refractivity (Wildman–Crippen MR) is 174 cm³/mol. The van der Waals surface area contributed by atoms with Crippen molar-refractivity contribution >= 4 is 33.3 Å². The lowest BCUT2D eigenvalue weighted by molar-refractivity contribution is -0.110. The van der Waals surface area contributed by atoms with Crippen molar-refractivity contribution in [1.82, 2.24) is 14.9 Å². The number of ether oxygens (including phenoxy) is 4. The van der Waals surface area contributed by atoms with Gasteiger partial charge in [-0.1, -0.05) is 44.2 Å². The minimum Gasteiger partial charge on any atom is -0.443 e. The van der Waals surface area contributed by atoms with E-state index in [9.17, 15) is 23.1 Å². The third-order valence-corrected chi connectivity index (χ3v) is 10.2. The minimum atomic E-state index is -4.15. The second kappa shape index (κ2) is 15.6. The number of alkyl carbamates (subject to hydrolysis) is 1. The number of rotatable bonds is 15. The van der Waals surface area contributed by atoms with E-state index in [1.165, 1.54) is 16.4 Å². The Kier molecular flexibility index (Phi) is 11.5. The van der Waals surface area contributed by atoms with E-state index in [1.807, 2.05) is 44.2 Å². The second-order valence-electron chi connectivity index (χ2n) is 12.4. The number of aliphatic hydroxyl groups excluding tert-OH is 1. The lowest BCUT2D eigenvalue weighted by Crippen LogP contribution is -2.51. The van der Waals surface area contributed by atoms with Gasteiger partial charge in [-0.15, -0.1) is 0 Å². The van der Waals surface area contributed by atoms with Crippen LogP contribution in [0.15, 0.2) is 59.6 Å². The first-order chi connectivity index (χ1) is 22.6. The number of fused-ring (bicyclic) bond motifs is 2. The van der Waals surface area contributed by atoms with Crippen LogP contribution in [0.1, 0.15) is 31.4 Å². The van der Waals surface area contributed by atoms with Gasteiger partial charge < -0.3 is 40.0 Å². The number of aliphatic hydroxyl groups is 1. The van der Waals surface area contributed by atoms with E-state index in [0.29, 0.717) is 36.6 Å². The molecule has 5 unspecified atom stereocenters. The summed E-state index contributed by atoms with van der Waals surface area (Å²) in [6.07, 6.45) is -0.391. The Morgan fingerprint density at radius 3 is 2.70 bits per heavy atom. The van der Waals surface area contributed by atoms with Crippen LogP contribution >= 0.6 is 0 Å². The maximum atomic E-state index is 14.1. The predicted octanol–water partition coefficient (Wildman–Crippen LogP) is 2.32. The Hall–Kier alpha value is -3.53. The van der Waals surface area contributed by atoms with Gasteiger partial charge in [0.25, 0.3) is 5.91 Å². The second-order valence-corrected chi connectivity index (χ2v) is 14.3. The SMILES string of the molecule is COCCN/C=C1/C(=O)Nc2ccc(S(=O)(=O)N(CC(C)C)CC(O)C(Cc3ccccc3)NC(=O)OC3COC4OCCC34)cc21. The smallest absolute Gasteiger partial charge is 0.407 e. The molecular weight excluding hydrogens is 628 g/mol. The maximum absolute atomic E-state index is 14.1. The van der Waals surface area contributed by atoms with Crippen molar-refractivity contribution in [3.8, 4) is 0 Å². The van der Waals surface area contributed by atoms with Crippen LogP contribution in [0.2, 0.25) is 0 Å². The number of carbonyl (C=O) groups excluding carboxylic acids is 2. The molecule has 2 aromatic rings. The van der Waals surface area contributed by atoms with Gasteiger partial charge in [0.2, 0.25) is 10.0 Å². The lowest BCUT2D eigenvalue weighted by atomic mass is 10.0. The Bertz CT molecular complexity index is 1540. The highest BCUT2D eigenvalue weighted by Gasteiger charge is 2.44. The number of hydrogen-bond acceptors (Lipinski definition) is 10. The molecule has 13 nitrogen and oxygen atoms in total. The summed E-state index contributed by atoms with van der Waals surface area (Å²) in [7, 11) is -2.58. The van der Waals surface area contributed by atoms with E-state index in [4.69, 9.17) is 18.9 Å². The van der Waals surface area contributed by atoms with E-state index in [-0.39, 0.29) is 55.0 Å². The van der Waals surface area contributed by atoms with Crippen LogP contribution in [0, 0.1) is 11.8 Å². The fourth-order valence-corrected chi connectivity index (χ4v) is 7.64. The largest absolute Gasteiger partial charge is 0.443 e. The molecular formula is C33H44N4O9S. The standard InChI is InChI=1S/C33H44N4O9S/c1-21(2)18-37(47(41,42)23-9-10-27-25(16-23)26(31(39)35-27)17-34-12-14-43-3)19-29(38)28(15-22-7-5-4-6-8-22)36-33(40)46-30-20-45-32-24(30)11-13-44-32/h4-10,16-17,21,24,28-30,32,34,38H,11-15,18-20H2,1-3H3,(H,35,39)(H,36,40)/b26-17+. The highest BCUT2D eigenvalue weighted by molar-refractivity contribution is 7.89. The van der Waals surface area contributed by atoms with Crippen LogP contribution in [0.3, 0.4) is 0 Å². The molecule has 2 amide bonds. The molecule has 0 spiro atoms. The van der Waals surface area contributed by atoms with Gasteiger partial charge in [0.1, 0.15) is 6.10 Å². The molecule has 5 atom stereocenters. The molecule has 0 aliphatic carbocycles. The van der Waals surface area contributed by atoms with Gasteiger partial charge in [0.15, 0.2) is 6.29 Å². The van der Waals surface area contributed by atoms with Crippen molar-refractivity contribution in [1.29, 1.82) is 0 Å². The molecule has 0 bridgehead atoms. The van der Waals surface area contributed by atoms with Crippen molar-refractivity contribution in [2.75, 3.05) is 51.9 Å². The summed E-state index contributed by atoms with van der Waals surface area (Å²) in [5, 5.41) is 20.2. The van der Waals surface area contributed by atoms with Gasteiger partial charge in [-0.2, -0.15) is 4.31 Å². The zero-order valence-electron chi connectivity index (χ0n) is 26.9. The Morgan fingerprint density at radius 2 is 1.96 bits per heavy atom. The number of nitrogens with one attached hydrogen (secondary N) is 3. The van der Waals surface area contributed by atoms with Gasteiger partial charge in [0, 0.05) is 44.2 Å². The number of anilines is 1. The molecule has 0 saturated carbocycles. The molecule has 2 aromatic carbocycles. The number of nitrogens with zero attached hydrogens (tertiary/aromatic N) is 1. The van der Waals surface area contributed by atoms with E-state index in [2.05, 4.69) is 16.0 Å². The van der Waals surface area contributed by atoms with Crippen molar-refractivity contribution in [3.05, 3.63) is 65.9 Å². The Labute approximate surface area is 275 Å². The molecule has 14 heteroatoms. The monoisotopic (exact) mass is 672 g/mol. The summed E-state index contributed by atoms with van der Waals surface area (Å²) in [5.41, 5.74) is 2.09. The van der Waals surface area contributed by atoms with Crippen molar-refractivity contribution < 1.29 is 42.1 Å². The van der Waals surface area contributed by atoms with Crippen LogP contribution in [-0.4, -0.2) is 101 Å². The molecule has 47 heavy (non-hydrogen) atoms. The molecule has 0 aromatic heterocycles. The Balaban J connectivity index is 1.35. The van der Waals surface area contributed by atoms with Crippen LogP contribution in [0.4, 0.5) is 10.5 Å². The highest BCUT2D eigenvalue weighted by atomic mass is 32.2. The summed E-state index contributed by atoms with van der Waals surface area (Å²) < 4.78 is 51.4. The number of amides is 2. The van der Waals surface area contributed by atoms with E-state index in [0.717, 1.165) is 12.0 Å². The molecule has 2 fully saturated rings. The molecule has 2 saturated heterocycles. The third kappa shape index (κ3) is 8.50. The van der Waals surface area contributed by atoms with Gasteiger partial charge in [0.05, 0.1) is 48.4 Å². The molecule has 3 aliphatic rings. The van der Waals surface area contributed by atoms with Gasteiger partial charge in [-0.25, -0.2) is 13.2 Å². The minimum absolute atomic E-state index is 0.0232. The number of sulfonamides is 1. The number of benzene rings is 2. The maximum Gasteiger partial charge on any atom is 0.407 e. The molecule has 4 N–H and O–H groups in total. The molecule has 0 radical (unpaired) electrons. The normalized spacial score (nSPS) is 22.6. The summed E-state index contributed by atoms with van der Waals surface area (Å²) in [6, 6.07) is 12.9. The first-order valence-electron chi connectivity index (χ1n) is 15.9. The van der Waals surface area contributed by atoms with Gasteiger partial charge in [-0.05, 0) is 42.5 Å². The number of carbonyl (C=O) groups is 2. The van der Waals surface area contributed by atoms with Crippen LogP contribution < -0.4 is 16.0 Å². The van der Waals surface area contributed by atoms with Crippen LogP contribution in [-0.2, 0) is 40.2 Å². The van der Waals surface area contributed by atoms with E-state index >= 15 is 0 Å². The van der Waals surface area contributed by atoms with Crippen molar-refractivity contribution in [2.24, 2.45) is 11.8 Å². The molecule has 3 aliphatic heterocycles. The van der Waals surface area contributed by atoms with E-state index in [1.54, 1.807) is 19.4 Å². The summed E-state index contributed by atoms with van der Waals surface area (Å²) >= 11 is 0. The van der Waals surface area contributed by atoms with Crippen molar-refractivity contribution in [3.63, 3.8) is 0 Å². The molecule has 256 valence electrons. The summed E-state index contributed by atoms with van der Waals surface area (Å²) in [5.74, 6) is -0.487. The van der Waals surface area contributed by atoms with Crippen LogP contribution in [0.25, 0.3) is 5.57 Å². The number of methoxy groups -OCH3 is 1. The number of hydrogen-bond donors (Lipinski definition) is 4. The topological polar surface area (TPSA) is 165 Å². The zero-order chi connectivity index (χ0) is 33.6. The molecule has 5 rings (SSSR count). The quantitative estimate of drug-likeness (QED) is 0.163. The highest BCUT2D eigenvalue weighted by Crippen LogP contribution is 2.35. The average Bonchev–Trinajstić information content (AvgIpc) is 3.74. The zero-order valence-corrected chi connectivity index (χ0v) is 27.7. The lowest BCUT2D eigenvalue weighted by Gasteiger charge is -2.31. The average molecular weight is 673 g/mol. The first kappa shape index (κ1) is 34.8. The molecule has 3 heterocycles. The van der Waals surface area contributed by atoms with E-state index < -0.39 is 34.4 Å². The third-order valence-electron chi connectivity index (χ3n) is 8.38. The van der Waals surface area contributed by atoms with Crippen LogP contribution in [0.5, 0.6) is 0 Å². The fourth-order valence-electron chi connectivity index (χ4n) is 5.99. The first-order valence-corrected chi connectivity index (χ1v) is 17.3. The Morgan fingerprint density at radius 1 is 1.17 bits per heavy atom. The van der Waals surface area contributed by atoms with Gasteiger partial charge in [-0.3, -0.25) is 4.79 Å². The van der Waals surface area contributed by atoms with Gasteiger partial charge >= 0.3 is 6.09 Å². The summed E-state index contributed by atoms with van der Waals surface area (Å²) in [4.78, 5) is 25.8. The fraction of sp³-hybridized carbons (Fsp3) is 0.515.